The number of rotatable bonds is 17. The Morgan fingerprint density at radius 3 is 2.54 bits per heavy atom. The number of phenolic OH excluding ortho intramolecular Hbond substituents is 1. The monoisotopic (exact) mass is 707 g/mol. The number of methoxy groups -OCH3 is 2. The number of aromatic hydroxyl groups is 1. The highest BCUT2D eigenvalue weighted by Crippen LogP contribution is 2.48. The average molecular weight is 708 g/mol. The lowest BCUT2D eigenvalue weighted by atomic mass is 9.94. The molecule has 0 aliphatic carbocycles. The van der Waals surface area contributed by atoms with Crippen LogP contribution in [0.5, 0.6) is 11.5 Å². The largest absolute Gasteiger partial charge is 0.507 e. The number of ether oxygens (including phenoxy) is 5. The quantitative estimate of drug-likeness (QED) is 0.0943. The predicted octanol–water partition coefficient (Wildman–Crippen LogP) is 3.95. The molecule has 0 radical (unpaired) electrons. The van der Waals surface area contributed by atoms with Crippen LogP contribution in [0.3, 0.4) is 0 Å². The molecule has 3 aromatic heterocycles. The van der Waals surface area contributed by atoms with Crippen LogP contribution in [0, 0.1) is 0 Å². The van der Waals surface area contributed by atoms with Crippen molar-refractivity contribution in [2.45, 2.75) is 12.5 Å². The number of carbonyl (C=O) groups is 2. The number of nitrogens with zero attached hydrogens (tertiary/aromatic N) is 5. The number of H-pyrrole nitrogens is 1. The number of aromatic amines is 1. The number of fused-ring (bicyclic) bond motifs is 4. The minimum atomic E-state index is -0.463. The molecule has 3 N–H and O–H groups in total. The van der Waals surface area contributed by atoms with Crippen molar-refractivity contribution in [3.05, 3.63) is 65.7 Å². The fraction of sp³-hybridized carbons (Fsp3) is 0.382. The van der Waals surface area contributed by atoms with Gasteiger partial charge in [-0.15, -0.1) is 16.7 Å². The van der Waals surface area contributed by atoms with Crippen LogP contribution in [-0.2, 0) is 25.5 Å². The normalized spacial score (nSPS) is 14.1. The van der Waals surface area contributed by atoms with Gasteiger partial charge >= 0.3 is 0 Å². The first kappa shape index (κ1) is 35.0. The molecule has 0 spiro atoms. The number of amides is 2. The average Bonchev–Trinajstić information content (AvgIpc) is 3.87. The third kappa shape index (κ3) is 7.66. The first-order valence-corrected chi connectivity index (χ1v) is 16.6. The van der Waals surface area contributed by atoms with Crippen molar-refractivity contribution in [1.82, 2.24) is 25.0 Å². The maximum absolute atomic E-state index is 13.9. The summed E-state index contributed by atoms with van der Waals surface area (Å²) in [6, 6.07) is 10.4. The number of halogens is 1. The van der Waals surface area contributed by atoms with E-state index in [1.165, 1.54) is 17.1 Å². The summed E-state index contributed by atoms with van der Waals surface area (Å²) in [6.45, 7) is 4.01. The van der Waals surface area contributed by atoms with Gasteiger partial charge in [-0.3, -0.25) is 9.59 Å². The number of aromatic nitrogens is 5. The van der Waals surface area contributed by atoms with Gasteiger partial charge in [-0.1, -0.05) is 17.3 Å². The maximum atomic E-state index is 13.9. The fourth-order valence-corrected chi connectivity index (χ4v) is 6.12. The highest BCUT2D eigenvalue weighted by molar-refractivity contribution is 6.19. The summed E-state index contributed by atoms with van der Waals surface area (Å²) in [5.41, 5.74) is 2.72. The molecular formula is C34H38ClN7O8. The second-order valence-electron chi connectivity index (χ2n) is 11.5. The number of hydrogen-bond acceptors (Lipinski definition) is 11. The Balaban J connectivity index is 1.06. The van der Waals surface area contributed by atoms with Crippen LogP contribution in [0.2, 0.25) is 0 Å². The zero-order valence-electron chi connectivity index (χ0n) is 27.7. The second-order valence-corrected chi connectivity index (χ2v) is 11.8. The topological polar surface area (TPSA) is 175 Å². The van der Waals surface area contributed by atoms with E-state index in [1.54, 1.807) is 43.4 Å². The van der Waals surface area contributed by atoms with Gasteiger partial charge in [0, 0.05) is 47.7 Å². The first-order chi connectivity index (χ1) is 24.4. The molecular weight excluding hydrogens is 670 g/mol. The summed E-state index contributed by atoms with van der Waals surface area (Å²) >= 11 is 6.40. The molecule has 2 aromatic carbocycles. The van der Waals surface area contributed by atoms with E-state index in [1.807, 2.05) is 12.1 Å². The standard InChI is InChI=1S/C34H38ClN7O8/c1-46-8-9-49-12-13-50-11-10-48-7-6-41-20-26(39-40-41)33(44)37-23-14-21-15-25(38-32(21)36-18-23)34(45)42-19-22(17-35)30-27(42)16-28(43)24-4-3-5-29(47-2)31(24)30/h3-5,14-16,18,20,22,43H,6-13,17,19H2,1-2H3,(H,36,38)(H,37,44)/t22-/m1/s1. The molecule has 15 nitrogen and oxygen atoms in total. The van der Waals surface area contributed by atoms with Crippen molar-refractivity contribution in [3.63, 3.8) is 0 Å². The molecule has 4 heterocycles. The molecule has 6 rings (SSSR count). The second kappa shape index (κ2) is 16.3. The lowest BCUT2D eigenvalue weighted by Crippen LogP contribution is -2.30. The number of nitrogens with one attached hydrogen (secondary N) is 2. The zero-order chi connectivity index (χ0) is 35.0. The number of phenols is 1. The predicted molar refractivity (Wildman–Crippen MR) is 186 cm³/mol. The summed E-state index contributed by atoms with van der Waals surface area (Å²) in [6.07, 6.45) is 3.02. The summed E-state index contributed by atoms with van der Waals surface area (Å²) in [5, 5.41) is 23.6. The Labute approximate surface area is 292 Å². The summed E-state index contributed by atoms with van der Waals surface area (Å²) < 4.78 is 28.4. The van der Waals surface area contributed by atoms with Gasteiger partial charge in [-0.25, -0.2) is 9.67 Å². The number of pyridine rings is 1. The van der Waals surface area contributed by atoms with Gasteiger partial charge in [0.15, 0.2) is 5.69 Å². The highest BCUT2D eigenvalue weighted by atomic mass is 35.5. The lowest BCUT2D eigenvalue weighted by molar-refractivity contribution is 0.00244. The number of carbonyl (C=O) groups excluding carboxylic acids is 2. The van der Waals surface area contributed by atoms with Gasteiger partial charge in [-0.2, -0.15) is 0 Å². The fourth-order valence-electron chi connectivity index (χ4n) is 5.86. The molecule has 50 heavy (non-hydrogen) atoms. The Hall–Kier alpha value is -4.80. The molecule has 264 valence electrons. The Kier molecular flexibility index (Phi) is 11.4. The van der Waals surface area contributed by atoms with E-state index < -0.39 is 5.91 Å². The van der Waals surface area contributed by atoms with Crippen LogP contribution in [-0.4, -0.2) is 115 Å². The number of anilines is 2. The van der Waals surface area contributed by atoms with E-state index in [2.05, 4.69) is 25.6 Å². The molecule has 5 aromatic rings. The maximum Gasteiger partial charge on any atom is 0.277 e. The van der Waals surface area contributed by atoms with Crippen LogP contribution in [0.25, 0.3) is 21.8 Å². The number of benzene rings is 2. The third-order valence-corrected chi connectivity index (χ3v) is 8.62. The highest BCUT2D eigenvalue weighted by Gasteiger charge is 2.36. The summed E-state index contributed by atoms with van der Waals surface area (Å²) in [7, 11) is 3.19. The van der Waals surface area contributed by atoms with E-state index in [0.717, 1.165) is 10.9 Å². The summed E-state index contributed by atoms with van der Waals surface area (Å²) in [4.78, 5) is 35.9. The van der Waals surface area contributed by atoms with Gasteiger partial charge in [0.05, 0.1) is 83.7 Å². The Morgan fingerprint density at radius 1 is 1.04 bits per heavy atom. The third-order valence-electron chi connectivity index (χ3n) is 8.24. The van der Waals surface area contributed by atoms with Gasteiger partial charge in [0.25, 0.3) is 11.8 Å². The molecule has 1 aliphatic rings. The Morgan fingerprint density at radius 2 is 1.80 bits per heavy atom. The minimum Gasteiger partial charge on any atom is -0.507 e. The van der Waals surface area contributed by atoms with Gasteiger partial charge in [0.1, 0.15) is 22.8 Å². The van der Waals surface area contributed by atoms with Crippen LogP contribution < -0.4 is 15.0 Å². The van der Waals surface area contributed by atoms with Gasteiger partial charge in [-0.05, 0) is 23.8 Å². The first-order valence-electron chi connectivity index (χ1n) is 16.0. The molecule has 0 unspecified atom stereocenters. The number of alkyl halides is 1. The van der Waals surface area contributed by atoms with Crippen molar-refractivity contribution >= 4 is 56.6 Å². The van der Waals surface area contributed by atoms with Crippen molar-refractivity contribution in [3.8, 4) is 11.5 Å². The van der Waals surface area contributed by atoms with Crippen LogP contribution in [0.4, 0.5) is 11.4 Å². The van der Waals surface area contributed by atoms with Crippen LogP contribution in [0.15, 0.2) is 48.8 Å². The molecule has 0 saturated carbocycles. The Bertz CT molecular complexity index is 1970. The van der Waals surface area contributed by atoms with Gasteiger partial charge in [0.2, 0.25) is 0 Å². The zero-order valence-corrected chi connectivity index (χ0v) is 28.4. The molecule has 0 saturated heterocycles. The molecule has 2 amide bonds. The van der Waals surface area contributed by atoms with E-state index in [0.29, 0.717) is 98.6 Å². The SMILES string of the molecule is COCCOCCOCCOCCn1cc(C(=O)Nc2cnc3[nH]c(C(=O)N4C[C@@H](CCl)c5c4cc(O)c4cccc(OC)c54)cc3c2)nn1. The van der Waals surface area contributed by atoms with Crippen LogP contribution in [0.1, 0.15) is 32.5 Å². The van der Waals surface area contributed by atoms with Crippen molar-refractivity contribution in [2.75, 3.05) is 83.1 Å². The van der Waals surface area contributed by atoms with E-state index in [9.17, 15) is 14.7 Å². The molecule has 16 heteroatoms. The molecule has 1 aliphatic heterocycles. The van der Waals surface area contributed by atoms with E-state index in [-0.39, 0.29) is 29.1 Å². The van der Waals surface area contributed by atoms with Gasteiger partial charge < -0.3 is 44.0 Å². The molecule has 0 bridgehead atoms. The van der Waals surface area contributed by atoms with Crippen molar-refractivity contribution in [2.24, 2.45) is 0 Å². The van der Waals surface area contributed by atoms with Crippen molar-refractivity contribution in [1.29, 1.82) is 0 Å². The number of hydrogen-bond donors (Lipinski definition) is 3. The molecule has 0 fully saturated rings. The van der Waals surface area contributed by atoms with E-state index in [4.69, 9.17) is 35.3 Å². The lowest BCUT2D eigenvalue weighted by Gasteiger charge is -2.18. The minimum absolute atomic E-state index is 0.0372. The van der Waals surface area contributed by atoms with Crippen molar-refractivity contribution < 1.29 is 38.4 Å². The van der Waals surface area contributed by atoms with E-state index >= 15 is 0 Å². The smallest absolute Gasteiger partial charge is 0.277 e. The summed E-state index contributed by atoms with van der Waals surface area (Å²) in [5.74, 6) is -0.0476. The molecule has 1 atom stereocenters. The van der Waals surface area contributed by atoms with Crippen LogP contribution >= 0.6 is 11.6 Å².